The van der Waals surface area contributed by atoms with Gasteiger partial charge in [-0.05, 0) is 18.6 Å². The van der Waals surface area contributed by atoms with Crippen LogP contribution in [-0.2, 0) is 0 Å². The summed E-state index contributed by atoms with van der Waals surface area (Å²) >= 11 is 0. The van der Waals surface area contributed by atoms with Gasteiger partial charge in [0.15, 0.2) is 5.69 Å². The summed E-state index contributed by atoms with van der Waals surface area (Å²) in [4.78, 5) is 16.4. The molecule has 0 spiro atoms. The molecule has 0 radical (unpaired) electrons. The minimum Gasteiger partial charge on any atom is -0.364 e. The molecule has 2 aromatic heterocycles. The number of rotatable bonds is 2. The average molecular weight is 203 g/mol. The molecule has 0 aliphatic carbocycles. The summed E-state index contributed by atoms with van der Waals surface area (Å²) in [7, 11) is 0. The first kappa shape index (κ1) is 9.32. The van der Waals surface area contributed by atoms with Crippen LogP contribution in [0.5, 0.6) is 0 Å². The Bertz CT molecular complexity index is 491. The molecule has 0 aliphatic rings. The number of carbonyl (C=O) groups is 1. The highest BCUT2D eigenvalue weighted by Gasteiger charge is 2.14. The zero-order chi connectivity index (χ0) is 10.8. The van der Waals surface area contributed by atoms with Crippen LogP contribution in [0, 0.1) is 6.92 Å². The van der Waals surface area contributed by atoms with Crippen molar-refractivity contribution in [2.75, 3.05) is 0 Å². The monoisotopic (exact) mass is 203 g/mol. The van der Waals surface area contributed by atoms with Gasteiger partial charge in [0, 0.05) is 6.20 Å². The molecule has 0 saturated carbocycles. The van der Waals surface area contributed by atoms with E-state index in [4.69, 9.17) is 5.73 Å². The summed E-state index contributed by atoms with van der Waals surface area (Å²) in [5, 5.41) is 7.90. The third kappa shape index (κ3) is 1.56. The van der Waals surface area contributed by atoms with Gasteiger partial charge >= 0.3 is 0 Å². The van der Waals surface area contributed by atoms with E-state index in [9.17, 15) is 4.79 Å². The van der Waals surface area contributed by atoms with E-state index in [0.29, 0.717) is 5.69 Å². The third-order valence-electron chi connectivity index (χ3n) is 1.98. The predicted octanol–water partition coefficient (Wildman–Crippen LogP) is 0.0696. The van der Waals surface area contributed by atoms with E-state index in [1.165, 1.54) is 23.4 Å². The first-order valence-corrected chi connectivity index (χ1v) is 4.32. The molecule has 0 fully saturated rings. The molecule has 0 bridgehead atoms. The maximum atomic E-state index is 11.2. The molecule has 15 heavy (non-hydrogen) atoms. The number of hydrogen-bond donors (Lipinski definition) is 1. The Hall–Kier alpha value is -2.24. The molecule has 6 nitrogen and oxygen atoms in total. The number of nitrogens with two attached hydrogens (primary N) is 1. The van der Waals surface area contributed by atoms with Crippen molar-refractivity contribution < 1.29 is 4.79 Å². The zero-order valence-corrected chi connectivity index (χ0v) is 8.08. The molecule has 0 saturated heterocycles. The third-order valence-corrected chi connectivity index (χ3v) is 1.98. The van der Waals surface area contributed by atoms with Crippen molar-refractivity contribution in [3.05, 3.63) is 35.9 Å². The van der Waals surface area contributed by atoms with E-state index in [2.05, 4.69) is 15.2 Å². The van der Waals surface area contributed by atoms with Crippen molar-refractivity contribution in [1.82, 2.24) is 20.0 Å². The summed E-state index contributed by atoms with van der Waals surface area (Å²) in [5.41, 5.74) is 6.76. The lowest BCUT2D eigenvalue weighted by Crippen LogP contribution is -2.18. The largest absolute Gasteiger partial charge is 0.364 e. The van der Waals surface area contributed by atoms with E-state index in [1.54, 1.807) is 6.07 Å². The fourth-order valence-corrected chi connectivity index (χ4v) is 1.31. The number of pyridine rings is 1. The van der Waals surface area contributed by atoms with Gasteiger partial charge < -0.3 is 5.73 Å². The number of aryl methyl sites for hydroxylation is 1. The molecule has 0 aliphatic heterocycles. The molecule has 2 rings (SSSR count). The standard InChI is InChI=1S/C9H9N5O/c1-6-2-3-11-7(9(10)15)8(6)14-12-4-5-13-14/h2-5H,1H3,(H2,10,15). The van der Waals surface area contributed by atoms with Crippen molar-refractivity contribution in [3.63, 3.8) is 0 Å². The van der Waals surface area contributed by atoms with E-state index in [-0.39, 0.29) is 5.69 Å². The van der Waals surface area contributed by atoms with E-state index in [0.717, 1.165) is 5.56 Å². The van der Waals surface area contributed by atoms with Crippen LogP contribution in [-0.4, -0.2) is 25.9 Å². The summed E-state index contributed by atoms with van der Waals surface area (Å²) in [5.74, 6) is -0.592. The first-order valence-electron chi connectivity index (χ1n) is 4.32. The number of aromatic nitrogens is 4. The van der Waals surface area contributed by atoms with Crippen LogP contribution in [0.1, 0.15) is 16.1 Å². The Morgan fingerprint density at radius 2 is 2.00 bits per heavy atom. The second kappa shape index (κ2) is 3.49. The number of hydrogen-bond acceptors (Lipinski definition) is 4. The van der Waals surface area contributed by atoms with Crippen LogP contribution >= 0.6 is 0 Å². The SMILES string of the molecule is Cc1ccnc(C(N)=O)c1-n1nccn1. The Labute approximate surface area is 85.7 Å². The Balaban J connectivity index is 2.68. The van der Waals surface area contributed by atoms with Gasteiger partial charge in [-0.3, -0.25) is 4.79 Å². The number of nitrogens with zero attached hydrogens (tertiary/aromatic N) is 4. The van der Waals surface area contributed by atoms with Gasteiger partial charge in [0.1, 0.15) is 5.69 Å². The molecule has 2 aromatic rings. The van der Waals surface area contributed by atoms with Crippen molar-refractivity contribution in [2.45, 2.75) is 6.92 Å². The van der Waals surface area contributed by atoms with Gasteiger partial charge in [-0.2, -0.15) is 10.2 Å². The lowest BCUT2D eigenvalue weighted by Gasteiger charge is -2.07. The average Bonchev–Trinajstić information content (AvgIpc) is 2.70. The molecule has 0 unspecified atom stereocenters. The summed E-state index contributed by atoms with van der Waals surface area (Å²) < 4.78 is 0. The molecule has 6 heteroatoms. The molecule has 0 aromatic carbocycles. The van der Waals surface area contributed by atoms with Gasteiger partial charge in [0.2, 0.25) is 0 Å². The van der Waals surface area contributed by atoms with Gasteiger partial charge in [-0.15, -0.1) is 4.80 Å². The van der Waals surface area contributed by atoms with Crippen LogP contribution < -0.4 is 5.73 Å². The smallest absolute Gasteiger partial charge is 0.269 e. The second-order valence-electron chi connectivity index (χ2n) is 3.01. The molecule has 2 heterocycles. The fraction of sp³-hybridized carbons (Fsp3) is 0.111. The molecule has 1 amide bonds. The Kier molecular flexibility index (Phi) is 2.17. The lowest BCUT2D eigenvalue weighted by molar-refractivity contribution is 0.0995. The van der Waals surface area contributed by atoms with E-state index in [1.807, 2.05) is 6.92 Å². The van der Waals surface area contributed by atoms with Crippen LogP contribution in [0.2, 0.25) is 0 Å². The van der Waals surface area contributed by atoms with Crippen LogP contribution in [0.15, 0.2) is 24.7 Å². The molecule has 76 valence electrons. The van der Waals surface area contributed by atoms with Crippen molar-refractivity contribution in [2.24, 2.45) is 5.73 Å². The molecule has 2 N–H and O–H groups in total. The fourth-order valence-electron chi connectivity index (χ4n) is 1.31. The van der Waals surface area contributed by atoms with Crippen LogP contribution in [0.25, 0.3) is 5.69 Å². The minimum atomic E-state index is -0.592. The van der Waals surface area contributed by atoms with Crippen molar-refractivity contribution >= 4 is 5.91 Å². The second-order valence-corrected chi connectivity index (χ2v) is 3.01. The van der Waals surface area contributed by atoms with Gasteiger partial charge in [0.25, 0.3) is 5.91 Å². The Morgan fingerprint density at radius 1 is 1.33 bits per heavy atom. The number of amides is 1. The number of carbonyl (C=O) groups excluding carboxylic acids is 1. The summed E-state index contributed by atoms with van der Waals surface area (Å²) in [6.45, 7) is 1.84. The van der Waals surface area contributed by atoms with Crippen LogP contribution in [0.4, 0.5) is 0 Å². The maximum absolute atomic E-state index is 11.2. The van der Waals surface area contributed by atoms with Gasteiger partial charge in [0.05, 0.1) is 12.4 Å². The minimum absolute atomic E-state index is 0.172. The molecular weight excluding hydrogens is 194 g/mol. The Morgan fingerprint density at radius 3 is 2.60 bits per heavy atom. The van der Waals surface area contributed by atoms with E-state index >= 15 is 0 Å². The lowest BCUT2D eigenvalue weighted by atomic mass is 10.2. The predicted molar refractivity (Wildman–Crippen MR) is 52.4 cm³/mol. The highest BCUT2D eigenvalue weighted by Crippen LogP contribution is 2.14. The first-order chi connectivity index (χ1) is 7.20. The summed E-state index contributed by atoms with van der Waals surface area (Å²) in [6.07, 6.45) is 4.58. The normalized spacial score (nSPS) is 10.2. The number of primary amides is 1. The van der Waals surface area contributed by atoms with E-state index < -0.39 is 5.91 Å². The maximum Gasteiger partial charge on any atom is 0.269 e. The molecule has 0 atom stereocenters. The topological polar surface area (TPSA) is 86.7 Å². The molecular formula is C9H9N5O. The highest BCUT2D eigenvalue weighted by atomic mass is 16.1. The van der Waals surface area contributed by atoms with Gasteiger partial charge in [-0.1, -0.05) is 0 Å². The summed E-state index contributed by atoms with van der Waals surface area (Å²) in [6, 6.07) is 1.77. The van der Waals surface area contributed by atoms with Crippen molar-refractivity contribution in [1.29, 1.82) is 0 Å². The zero-order valence-electron chi connectivity index (χ0n) is 8.08. The highest BCUT2D eigenvalue weighted by molar-refractivity contribution is 5.94. The quantitative estimate of drug-likeness (QED) is 0.748. The van der Waals surface area contributed by atoms with Gasteiger partial charge in [-0.25, -0.2) is 4.98 Å². The van der Waals surface area contributed by atoms with Crippen LogP contribution in [0.3, 0.4) is 0 Å². The van der Waals surface area contributed by atoms with Crippen molar-refractivity contribution in [3.8, 4) is 5.69 Å².